The summed E-state index contributed by atoms with van der Waals surface area (Å²) in [7, 11) is 1.52. The molecule has 3 rings (SSSR count). The molecular weight excluding hydrogens is 320 g/mol. The highest BCUT2D eigenvalue weighted by Crippen LogP contribution is 2.35. The normalized spacial score (nSPS) is 14.0. The molecule has 25 heavy (non-hydrogen) atoms. The molecule has 0 spiro atoms. The number of imide groups is 1. The summed E-state index contributed by atoms with van der Waals surface area (Å²) in [5.41, 5.74) is 1.11. The van der Waals surface area contributed by atoms with Gasteiger partial charge in [0.2, 0.25) is 0 Å². The van der Waals surface area contributed by atoms with E-state index in [1.807, 2.05) is 6.92 Å². The summed E-state index contributed by atoms with van der Waals surface area (Å²) in [5.74, 6) is 0.0332. The Labute approximate surface area is 145 Å². The van der Waals surface area contributed by atoms with Crippen molar-refractivity contribution in [2.45, 2.75) is 13.0 Å². The number of fused-ring (bicyclic) bond motifs is 1. The summed E-state index contributed by atoms with van der Waals surface area (Å²) in [4.78, 5) is 26.2. The van der Waals surface area contributed by atoms with Gasteiger partial charge in [-0.3, -0.25) is 14.5 Å². The molecule has 2 aromatic rings. The average Bonchev–Trinajstić information content (AvgIpc) is 2.89. The molecule has 1 unspecified atom stereocenters. The number of rotatable bonds is 5. The molecular formula is C19H16N2O4. The Hall–Kier alpha value is -3.33. The van der Waals surface area contributed by atoms with Gasteiger partial charge in [-0.15, -0.1) is 0 Å². The fraction of sp³-hybridized carbons (Fsp3) is 0.211. The maximum absolute atomic E-state index is 12.6. The van der Waals surface area contributed by atoms with Gasteiger partial charge in [-0.25, -0.2) is 0 Å². The Balaban J connectivity index is 2.02. The molecule has 2 aromatic carbocycles. The van der Waals surface area contributed by atoms with E-state index in [4.69, 9.17) is 9.47 Å². The van der Waals surface area contributed by atoms with Crippen LogP contribution in [-0.4, -0.2) is 30.4 Å². The fourth-order valence-corrected chi connectivity index (χ4v) is 2.86. The molecule has 0 fully saturated rings. The molecule has 2 amide bonds. The standard InChI is InChI=1S/C19H16N2O4/c1-3-25-17-10-12(8-9-16(17)24-2)15(11-20)21-18(22)13-6-4-5-7-14(13)19(21)23/h4-10,15H,3H2,1-2H3. The maximum Gasteiger partial charge on any atom is 0.262 e. The number of methoxy groups -OCH3 is 1. The number of benzene rings is 2. The number of hydrogen-bond donors (Lipinski definition) is 0. The monoisotopic (exact) mass is 336 g/mol. The molecule has 0 aromatic heterocycles. The molecule has 0 radical (unpaired) electrons. The molecule has 1 atom stereocenters. The van der Waals surface area contributed by atoms with E-state index in [2.05, 4.69) is 6.07 Å². The van der Waals surface area contributed by atoms with E-state index in [0.29, 0.717) is 34.8 Å². The van der Waals surface area contributed by atoms with Gasteiger partial charge in [-0.1, -0.05) is 18.2 Å². The molecule has 6 heteroatoms. The lowest BCUT2D eigenvalue weighted by Gasteiger charge is -2.21. The van der Waals surface area contributed by atoms with Crippen molar-refractivity contribution in [2.75, 3.05) is 13.7 Å². The number of nitrogens with zero attached hydrogens (tertiary/aromatic N) is 2. The first-order valence-corrected chi connectivity index (χ1v) is 7.79. The van der Waals surface area contributed by atoms with Gasteiger partial charge in [0.25, 0.3) is 11.8 Å². The van der Waals surface area contributed by atoms with E-state index in [-0.39, 0.29) is 0 Å². The first-order valence-electron chi connectivity index (χ1n) is 7.79. The number of hydrogen-bond acceptors (Lipinski definition) is 5. The zero-order valence-electron chi connectivity index (χ0n) is 13.9. The molecule has 0 aliphatic carbocycles. The topological polar surface area (TPSA) is 79.6 Å². The van der Waals surface area contributed by atoms with Gasteiger partial charge in [0.15, 0.2) is 17.5 Å². The van der Waals surface area contributed by atoms with Crippen molar-refractivity contribution >= 4 is 11.8 Å². The number of amides is 2. The van der Waals surface area contributed by atoms with E-state index in [0.717, 1.165) is 4.90 Å². The van der Waals surface area contributed by atoms with Crippen molar-refractivity contribution in [1.29, 1.82) is 5.26 Å². The third-order valence-corrected chi connectivity index (χ3v) is 4.01. The SMILES string of the molecule is CCOc1cc(C(C#N)N2C(=O)c3ccccc3C2=O)ccc1OC. The summed E-state index contributed by atoms with van der Waals surface area (Å²) in [6.45, 7) is 2.25. The largest absolute Gasteiger partial charge is 0.493 e. The summed E-state index contributed by atoms with van der Waals surface area (Å²) in [6, 6.07) is 12.5. The summed E-state index contributed by atoms with van der Waals surface area (Å²) >= 11 is 0. The Morgan fingerprint density at radius 1 is 1.08 bits per heavy atom. The molecule has 1 aliphatic rings. The van der Waals surface area contributed by atoms with Crippen LogP contribution in [0.25, 0.3) is 0 Å². The highest BCUT2D eigenvalue weighted by Gasteiger charge is 2.40. The predicted molar refractivity (Wildman–Crippen MR) is 89.5 cm³/mol. The minimum absolute atomic E-state index is 0.311. The highest BCUT2D eigenvalue weighted by atomic mass is 16.5. The number of nitriles is 1. The van der Waals surface area contributed by atoms with Gasteiger partial charge >= 0.3 is 0 Å². The van der Waals surface area contributed by atoms with Crippen LogP contribution in [0.15, 0.2) is 42.5 Å². The average molecular weight is 336 g/mol. The molecule has 0 saturated heterocycles. The van der Waals surface area contributed by atoms with E-state index < -0.39 is 17.9 Å². The van der Waals surface area contributed by atoms with Crippen molar-refractivity contribution in [1.82, 2.24) is 4.90 Å². The molecule has 1 heterocycles. The Bertz CT molecular complexity index is 850. The van der Waals surface area contributed by atoms with Crippen LogP contribution in [0.2, 0.25) is 0 Å². The van der Waals surface area contributed by atoms with E-state index >= 15 is 0 Å². The first-order chi connectivity index (χ1) is 12.1. The fourth-order valence-electron chi connectivity index (χ4n) is 2.86. The molecule has 126 valence electrons. The van der Waals surface area contributed by atoms with Gasteiger partial charge in [0.1, 0.15) is 0 Å². The molecule has 0 saturated carbocycles. The second kappa shape index (κ2) is 6.65. The van der Waals surface area contributed by atoms with Gasteiger partial charge < -0.3 is 9.47 Å². The molecule has 1 aliphatic heterocycles. The summed E-state index contributed by atoms with van der Waals surface area (Å²) < 4.78 is 10.7. The molecule has 6 nitrogen and oxygen atoms in total. The van der Waals surface area contributed by atoms with Gasteiger partial charge in [-0.05, 0) is 36.8 Å². The van der Waals surface area contributed by atoms with Crippen LogP contribution >= 0.6 is 0 Å². The van der Waals surface area contributed by atoms with Gasteiger partial charge in [0.05, 0.1) is 30.9 Å². The lowest BCUT2D eigenvalue weighted by Crippen LogP contribution is -2.33. The van der Waals surface area contributed by atoms with E-state index in [1.54, 1.807) is 42.5 Å². The van der Waals surface area contributed by atoms with Crippen LogP contribution in [0.4, 0.5) is 0 Å². The highest BCUT2D eigenvalue weighted by molar-refractivity contribution is 6.21. The third-order valence-electron chi connectivity index (χ3n) is 4.01. The van der Waals surface area contributed by atoms with Crippen LogP contribution in [-0.2, 0) is 0 Å². The van der Waals surface area contributed by atoms with E-state index in [1.165, 1.54) is 7.11 Å². The van der Waals surface area contributed by atoms with Crippen molar-refractivity contribution in [3.8, 4) is 17.6 Å². The lowest BCUT2D eigenvalue weighted by atomic mass is 10.1. The van der Waals surface area contributed by atoms with Crippen molar-refractivity contribution in [3.63, 3.8) is 0 Å². The van der Waals surface area contributed by atoms with Crippen LogP contribution < -0.4 is 9.47 Å². The van der Waals surface area contributed by atoms with Crippen LogP contribution in [0.5, 0.6) is 11.5 Å². The summed E-state index contributed by atoms with van der Waals surface area (Å²) in [6.07, 6.45) is 0. The van der Waals surface area contributed by atoms with Gasteiger partial charge in [-0.2, -0.15) is 5.26 Å². The summed E-state index contributed by atoms with van der Waals surface area (Å²) in [5, 5.41) is 9.63. The first kappa shape index (κ1) is 16.5. The van der Waals surface area contributed by atoms with Crippen molar-refractivity contribution < 1.29 is 19.1 Å². The quantitative estimate of drug-likeness (QED) is 0.784. The van der Waals surface area contributed by atoms with Gasteiger partial charge in [0, 0.05) is 0 Å². The van der Waals surface area contributed by atoms with Crippen LogP contribution in [0.1, 0.15) is 39.2 Å². The third kappa shape index (κ3) is 2.70. The van der Waals surface area contributed by atoms with Crippen molar-refractivity contribution in [2.24, 2.45) is 0 Å². The number of carbonyl (C=O) groups is 2. The smallest absolute Gasteiger partial charge is 0.262 e. The molecule has 0 bridgehead atoms. The Morgan fingerprint density at radius 3 is 2.24 bits per heavy atom. The number of carbonyl (C=O) groups excluding carboxylic acids is 2. The van der Waals surface area contributed by atoms with Crippen molar-refractivity contribution in [3.05, 3.63) is 59.2 Å². The molecule has 0 N–H and O–H groups in total. The van der Waals surface area contributed by atoms with E-state index in [9.17, 15) is 14.9 Å². The minimum atomic E-state index is -1.04. The predicted octanol–water partition coefficient (Wildman–Crippen LogP) is 2.95. The second-order valence-electron chi connectivity index (χ2n) is 5.40. The maximum atomic E-state index is 12.6. The minimum Gasteiger partial charge on any atom is -0.493 e. The lowest BCUT2D eigenvalue weighted by molar-refractivity contribution is 0.0617. The number of ether oxygens (including phenoxy) is 2. The zero-order valence-corrected chi connectivity index (χ0v) is 13.9. The van der Waals surface area contributed by atoms with Crippen LogP contribution in [0.3, 0.4) is 0 Å². The second-order valence-corrected chi connectivity index (χ2v) is 5.40. The van der Waals surface area contributed by atoms with Crippen LogP contribution in [0, 0.1) is 11.3 Å². The zero-order chi connectivity index (χ0) is 18.0. The Kier molecular flexibility index (Phi) is 4.40. The Morgan fingerprint density at radius 2 is 1.72 bits per heavy atom.